The number of aliphatic hydroxyl groups is 1. The van der Waals surface area contributed by atoms with Gasteiger partial charge in [-0.25, -0.2) is 29.4 Å². The number of hydrogen-bond acceptors (Lipinski definition) is 10. The van der Waals surface area contributed by atoms with Crippen LogP contribution in [0.2, 0.25) is 0 Å². The van der Waals surface area contributed by atoms with Crippen molar-refractivity contribution in [3.63, 3.8) is 0 Å². The molecule has 0 amide bonds. The molecule has 5 N–H and O–H groups in total. The zero-order chi connectivity index (χ0) is 33.1. The molecule has 2 aromatic rings. The van der Waals surface area contributed by atoms with Gasteiger partial charge < -0.3 is 39.6 Å². The van der Waals surface area contributed by atoms with Gasteiger partial charge in [0, 0.05) is 29.1 Å². The first kappa shape index (κ1) is 30.3. The summed E-state index contributed by atoms with van der Waals surface area (Å²) in [6.07, 6.45) is 14.9. The van der Waals surface area contributed by atoms with E-state index in [0.29, 0.717) is 56.8 Å². The number of carboxylic acid groups (broad SMARTS) is 3. The molecule has 14 heteroatoms. The molecule has 4 aliphatic rings. The Hall–Kier alpha value is -6.70. The molecule has 0 fully saturated rings. The van der Waals surface area contributed by atoms with Crippen LogP contribution < -0.4 is 14.2 Å². The van der Waals surface area contributed by atoms with Crippen LogP contribution in [0.25, 0.3) is 11.6 Å². The van der Waals surface area contributed by atoms with Gasteiger partial charge in [-0.05, 0) is 60.7 Å². The number of aliphatic carboxylic acids is 3. The monoisotopic (exact) mass is 636 g/mol. The second kappa shape index (κ2) is 12.7. The van der Waals surface area contributed by atoms with Gasteiger partial charge >= 0.3 is 17.9 Å². The Balaban J connectivity index is 1.59. The molecule has 5 heterocycles. The van der Waals surface area contributed by atoms with E-state index < -0.39 is 37.7 Å². The predicted molar refractivity (Wildman–Crippen MR) is 169 cm³/mol. The fraction of sp³-hybridized carbons (Fsp3) is 0.0909. The predicted octanol–water partition coefficient (Wildman–Crippen LogP) is 3.88. The fourth-order valence-corrected chi connectivity index (χ4v) is 4.98. The number of fused-ring (bicyclic) bond motifs is 5. The number of H-pyrrole nitrogens is 1. The van der Waals surface area contributed by atoms with Gasteiger partial charge in [-0.3, -0.25) is 0 Å². The lowest BCUT2D eigenvalue weighted by atomic mass is 9.97. The van der Waals surface area contributed by atoms with Crippen LogP contribution in [0.15, 0.2) is 111 Å². The third-order valence-electron chi connectivity index (χ3n) is 6.85. The SMILES string of the molecule is O=C(O)COc1cc(OCC(=O)O)c(C2=C3C=CC(=N3)C=C3C=CC(=N3)/C(=C/O)C3=NC(=Cc4ccc2[nH]4)C=C3)c(OCC(=O)O)c1. The first-order valence-electron chi connectivity index (χ1n) is 13.9. The molecular weight excluding hydrogens is 612 g/mol. The zero-order valence-corrected chi connectivity index (χ0v) is 24.2. The molecule has 236 valence electrons. The summed E-state index contributed by atoms with van der Waals surface area (Å²) < 4.78 is 16.7. The Kier molecular flexibility index (Phi) is 8.21. The Labute approximate surface area is 265 Å². The van der Waals surface area contributed by atoms with Crippen molar-refractivity contribution in [1.29, 1.82) is 0 Å². The maximum Gasteiger partial charge on any atom is 0.341 e. The van der Waals surface area contributed by atoms with Crippen molar-refractivity contribution < 1.29 is 49.0 Å². The summed E-state index contributed by atoms with van der Waals surface area (Å²) >= 11 is 0. The van der Waals surface area contributed by atoms with Gasteiger partial charge in [0.2, 0.25) is 0 Å². The smallest absolute Gasteiger partial charge is 0.341 e. The Morgan fingerprint density at radius 1 is 0.723 bits per heavy atom. The second-order valence-electron chi connectivity index (χ2n) is 10.1. The first-order chi connectivity index (χ1) is 22.7. The van der Waals surface area contributed by atoms with Crippen LogP contribution >= 0.6 is 0 Å². The van der Waals surface area contributed by atoms with Crippen molar-refractivity contribution in [3.05, 3.63) is 113 Å². The van der Waals surface area contributed by atoms with E-state index in [4.69, 9.17) is 24.3 Å². The summed E-state index contributed by atoms with van der Waals surface area (Å²) in [5.74, 6) is -4.13. The summed E-state index contributed by atoms with van der Waals surface area (Å²) in [5.41, 5.74) is 4.99. The fourth-order valence-electron chi connectivity index (χ4n) is 4.98. The summed E-state index contributed by atoms with van der Waals surface area (Å²) in [6, 6.07) is 6.10. The van der Waals surface area contributed by atoms with Crippen molar-refractivity contribution >= 4 is 46.7 Å². The molecule has 14 nitrogen and oxygen atoms in total. The van der Waals surface area contributed by atoms with Gasteiger partial charge in [0.1, 0.15) is 17.2 Å². The lowest BCUT2D eigenvalue weighted by Gasteiger charge is -2.20. The molecule has 0 spiro atoms. The van der Waals surface area contributed by atoms with Crippen LogP contribution in [-0.4, -0.2) is 80.3 Å². The van der Waals surface area contributed by atoms with Gasteiger partial charge in [0.05, 0.1) is 51.6 Å². The van der Waals surface area contributed by atoms with Crippen LogP contribution in [0.3, 0.4) is 0 Å². The van der Waals surface area contributed by atoms with E-state index in [-0.39, 0.29) is 22.8 Å². The Morgan fingerprint density at radius 2 is 1.32 bits per heavy atom. The molecule has 0 saturated heterocycles. The van der Waals surface area contributed by atoms with Crippen molar-refractivity contribution in [1.82, 2.24) is 4.98 Å². The van der Waals surface area contributed by atoms with E-state index in [1.165, 1.54) is 12.1 Å². The summed E-state index contributed by atoms with van der Waals surface area (Å²) in [5, 5.41) is 38.0. The molecule has 0 radical (unpaired) electrons. The van der Waals surface area contributed by atoms with Crippen LogP contribution in [-0.2, 0) is 14.4 Å². The number of aromatic amines is 1. The molecule has 0 unspecified atom stereocenters. The Bertz CT molecular complexity index is 1990. The average molecular weight is 637 g/mol. The number of ether oxygens (including phenoxy) is 3. The van der Waals surface area contributed by atoms with E-state index in [2.05, 4.69) is 15.0 Å². The van der Waals surface area contributed by atoms with E-state index in [1.54, 1.807) is 60.7 Å². The minimum Gasteiger partial charge on any atom is -0.515 e. The highest BCUT2D eigenvalue weighted by atomic mass is 16.5. The van der Waals surface area contributed by atoms with E-state index in [9.17, 15) is 29.7 Å². The van der Waals surface area contributed by atoms with Crippen LogP contribution in [0.5, 0.6) is 17.2 Å². The van der Waals surface area contributed by atoms with Gasteiger partial charge in [0.25, 0.3) is 0 Å². The molecule has 0 aliphatic carbocycles. The quantitative estimate of drug-likeness (QED) is 0.237. The van der Waals surface area contributed by atoms with Crippen molar-refractivity contribution in [2.45, 2.75) is 0 Å². The number of aromatic nitrogens is 1. The normalized spacial score (nSPS) is 16.9. The lowest BCUT2D eigenvalue weighted by Crippen LogP contribution is -2.15. The molecule has 4 aliphatic heterocycles. The number of nitrogens with one attached hydrogen (secondary N) is 1. The number of benzene rings is 1. The Morgan fingerprint density at radius 3 is 1.91 bits per heavy atom. The standard InChI is InChI=1S/C33H24N4O10/c38-13-22-23-5-1-17(34-23)9-19-3-7-25(36-19)32(26-8-4-20(37-26)10-18-2-6-24(22)35-18)33-27(46-15-30(41)42)11-21(45-14-29(39)40)12-28(33)47-16-31(43)44/h1-13,36,38H,14-16H2,(H,39,40)(H,41,42)(H,43,44)/b17-9?,18-10?,22-13+,32-26?. The highest BCUT2D eigenvalue weighted by Gasteiger charge is 2.26. The van der Waals surface area contributed by atoms with Gasteiger partial charge in [-0.1, -0.05) is 0 Å². The summed E-state index contributed by atoms with van der Waals surface area (Å²) in [6.45, 7) is -2.33. The molecule has 8 bridgehead atoms. The molecular formula is C33H24N4O10. The van der Waals surface area contributed by atoms with Crippen LogP contribution in [0.1, 0.15) is 17.0 Å². The minimum atomic E-state index is -1.30. The summed E-state index contributed by atoms with van der Waals surface area (Å²) in [7, 11) is 0. The molecule has 47 heavy (non-hydrogen) atoms. The number of carbonyl (C=O) groups is 3. The highest BCUT2D eigenvalue weighted by molar-refractivity contribution is 6.33. The molecule has 6 rings (SSSR count). The van der Waals surface area contributed by atoms with Crippen LogP contribution in [0.4, 0.5) is 0 Å². The number of carboxylic acids is 3. The number of nitrogens with zero attached hydrogens (tertiary/aromatic N) is 3. The van der Waals surface area contributed by atoms with Crippen molar-refractivity contribution in [2.24, 2.45) is 15.0 Å². The maximum absolute atomic E-state index is 11.6. The van der Waals surface area contributed by atoms with Crippen molar-refractivity contribution in [2.75, 3.05) is 19.8 Å². The molecule has 0 saturated carbocycles. The number of hydrogen-bond donors (Lipinski definition) is 5. The van der Waals surface area contributed by atoms with E-state index in [0.717, 1.165) is 6.26 Å². The molecule has 1 aromatic carbocycles. The molecule has 0 atom stereocenters. The average Bonchev–Trinajstić information content (AvgIpc) is 3.85. The minimum absolute atomic E-state index is 0.0665. The lowest BCUT2D eigenvalue weighted by molar-refractivity contribution is -0.140. The first-order valence-corrected chi connectivity index (χ1v) is 13.9. The van der Waals surface area contributed by atoms with E-state index in [1.807, 2.05) is 0 Å². The highest BCUT2D eigenvalue weighted by Crippen LogP contribution is 2.44. The van der Waals surface area contributed by atoms with E-state index >= 15 is 0 Å². The van der Waals surface area contributed by atoms with Crippen LogP contribution in [0, 0.1) is 0 Å². The van der Waals surface area contributed by atoms with Gasteiger partial charge in [-0.15, -0.1) is 0 Å². The van der Waals surface area contributed by atoms with Crippen molar-refractivity contribution in [3.8, 4) is 17.2 Å². The van der Waals surface area contributed by atoms with Gasteiger partial charge in [0.15, 0.2) is 19.8 Å². The summed E-state index contributed by atoms with van der Waals surface area (Å²) in [4.78, 5) is 51.6. The number of aliphatic hydroxyl groups excluding tert-OH is 1. The second-order valence-corrected chi connectivity index (χ2v) is 10.1. The zero-order valence-electron chi connectivity index (χ0n) is 24.2. The number of allylic oxidation sites excluding steroid dienone is 8. The largest absolute Gasteiger partial charge is 0.515 e. The third kappa shape index (κ3) is 6.71. The molecule has 1 aromatic heterocycles. The third-order valence-corrected chi connectivity index (χ3v) is 6.85. The number of aliphatic imine (C=N–C) groups is 3. The number of rotatable bonds is 10. The maximum atomic E-state index is 11.6. The van der Waals surface area contributed by atoms with Gasteiger partial charge in [-0.2, -0.15) is 0 Å². The topological polar surface area (TPSA) is 213 Å².